The van der Waals surface area contributed by atoms with Crippen LogP contribution in [-0.4, -0.2) is 24.6 Å². The summed E-state index contributed by atoms with van der Waals surface area (Å²) < 4.78 is 9.83. The van der Waals surface area contributed by atoms with Crippen molar-refractivity contribution in [3.05, 3.63) is 42.0 Å². The molecule has 0 aliphatic carbocycles. The molecule has 1 aromatic rings. The molecule has 0 spiro atoms. The highest BCUT2D eigenvalue weighted by molar-refractivity contribution is 5.89. The largest absolute Gasteiger partial charge is 0.466 e. The molecule has 0 bridgehead atoms. The Hall–Kier alpha value is -2.10. The third-order valence-electron chi connectivity index (χ3n) is 2.87. The highest BCUT2D eigenvalue weighted by Crippen LogP contribution is 2.30. The molecule has 1 unspecified atom stereocenters. The van der Waals surface area contributed by atoms with Crippen LogP contribution in [0.1, 0.15) is 18.4 Å². The second kappa shape index (κ2) is 5.04. The zero-order valence-electron chi connectivity index (χ0n) is 10.1. The third kappa shape index (κ3) is 2.42. The fourth-order valence-electron chi connectivity index (χ4n) is 1.89. The van der Waals surface area contributed by atoms with E-state index in [1.165, 1.54) is 7.11 Å². The van der Waals surface area contributed by atoms with E-state index in [0.717, 1.165) is 5.56 Å². The predicted octanol–water partition coefficient (Wildman–Crippen LogP) is 1.95. The summed E-state index contributed by atoms with van der Waals surface area (Å²) in [4.78, 5) is 23.0. The third-order valence-corrected chi connectivity index (χ3v) is 2.87. The summed E-state index contributed by atoms with van der Waals surface area (Å²) in [5, 5.41) is 0. The Morgan fingerprint density at radius 1 is 1.39 bits per heavy atom. The normalized spacial score (nSPS) is 23.1. The molecule has 1 heterocycles. The van der Waals surface area contributed by atoms with E-state index >= 15 is 0 Å². The molecular formula is C14H14O4. The van der Waals surface area contributed by atoms with E-state index in [4.69, 9.17) is 9.47 Å². The van der Waals surface area contributed by atoms with Gasteiger partial charge in [0.2, 0.25) is 5.60 Å². The van der Waals surface area contributed by atoms with Gasteiger partial charge in [-0.3, -0.25) is 4.79 Å². The van der Waals surface area contributed by atoms with Gasteiger partial charge in [0.05, 0.1) is 13.5 Å². The van der Waals surface area contributed by atoms with Gasteiger partial charge in [-0.15, -0.1) is 0 Å². The summed E-state index contributed by atoms with van der Waals surface area (Å²) in [6.45, 7) is 0. The highest BCUT2D eigenvalue weighted by atomic mass is 16.6. The standard InChI is InChI=1S/C14H14O4/c1-17-13(16)14(10-8-12(15)18-14)9-7-11-5-3-2-4-6-11/h2-7,9H,8,10H2,1H3/b9-7+. The SMILES string of the molecule is COC(=O)C1(/C=C/c2ccccc2)CCC(=O)O1. The van der Waals surface area contributed by atoms with Gasteiger partial charge in [0.25, 0.3) is 0 Å². The van der Waals surface area contributed by atoms with Crippen LogP contribution < -0.4 is 0 Å². The fraction of sp³-hybridized carbons (Fsp3) is 0.286. The zero-order valence-corrected chi connectivity index (χ0v) is 10.1. The summed E-state index contributed by atoms with van der Waals surface area (Å²) in [7, 11) is 1.28. The van der Waals surface area contributed by atoms with Crippen LogP contribution in [0, 0.1) is 0 Å². The number of hydrogen-bond acceptors (Lipinski definition) is 4. The maximum Gasteiger partial charge on any atom is 0.354 e. The van der Waals surface area contributed by atoms with E-state index in [-0.39, 0.29) is 12.4 Å². The Balaban J connectivity index is 2.24. The average Bonchev–Trinajstić information content (AvgIpc) is 2.80. The van der Waals surface area contributed by atoms with Gasteiger partial charge < -0.3 is 9.47 Å². The first-order valence-corrected chi connectivity index (χ1v) is 5.71. The van der Waals surface area contributed by atoms with Gasteiger partial charge in [0.15, 0.2) is 0 Å². The van der Waals surface area contributed by atoms with Crippen LogP contribution in [0.4, 0.5) is 0 Å². The number of esters is 2. The molecule has 0 saturated carbocycles. The van der Waals surface area contributed by atoms with Crippen LogP contribution in [0.25, 0.3) is 6.08 Å². The van der Waals surface area contributed by atoms with E-state index in [1.807, 2.05) is 30.3 Å². The number of carbonyl (C=O) groups is 2. The average molecular weight is 246 g/mol. The van der Waals surface area contributed by atoms with E-state index < -0.39 is 11.6 Å². The molecule has 1 saturated heterocycles. The van der Waals surface area contributed by atoms with Gasteiger partial charge in [-0.1, -0.05) is 36.4 Å². The molecule has 0 N–H and O–H groups in total. The molecule has 1 atom stereocenters. The van der Waals surface area contributed by atoms with Crippen molar-refractivity contribution in [2.45, 2.75) is 18.4 Å². The summed E-state index contributed by atoms with van der Waals surface area (Å²) in [5.41, 5.74) is -0.328. The topological polar surface area (TPSA) is 52.6 Å². The summed E-state index contributed by atoms with van der Waals surface area (Å²) in [5.74, 6) is -0.918. The van der Waals surface area contributed by atoms with Crippen LogP contribution in [0.15, 0.2) is 36.4 Å². The Labute approximate surface area is 105 Å². The predicted molar refractivity (Wildman–Crippen MR) is 65.5 cm³/mol. The van der Waals surface area contributed by atoms with Gasteiger partial charge in [-0.25, -0.2) is 4.79 Å². The number of carbonyl (C=O) groups excluding carboxylic acids is 2. The molecule has 1 aliphatic rings. The number of rotatable bonds is 3. The minimum atomic E-state index is -1.26. The summed E-state index contributed by atoms with van der Waals surface area (Å²) in [6.07, 6.45) is 3.91. The van der Waals surface area contributed by atoms with Crippen LogP contribution in [-0.2, 0) is 19.1 Å². The first-order chi connectivity index (χ1) is 8.66. The van der Waals surface area contributed by atoms with Crippen LogP contribution in [0.5, 0.6) is 0 Å². The Kier molecular flexibility index (Phi) is 3.46. The van der Waals surface area contributed by atoms with E-state index in [9.17, 15) is 9.59 Å². The molecule has 18 heavy (non-hydrogen) atoms. The Morgan fingerprint density at radius 3 is 2.67 bits per heavy atom. The molecule has 1 aromatic carbocycles. The zero-order chi connectivity index (χ0) is 13.0. The maximum atomic E-state index is 11.8. The minimum absolute atomic E-state index is 0.230. The maximum absolute atomic E-state index is 11.8. The van der Waals surface area contributed by atoms with E-state index in [2.05, 4.69) is 0 Å². The molecule has 4 heteroatoms. The van der Waals surface area contributed by atoms with Crippen molar-refractivity contribution < 1.29 is 19.1 Å². The first-order valence-electron chi connectivity index (χ1n) is 5.71. The summed E-state index contributed by atoms with van der Waals surface area (Å²) >= 11 is 0. The van der Waals surface area contributed by atoms with Crippen molar-refractivity contribution in [3.63, 3.8) is 0 Å². The van der Waals surface area contributed by atoms with Gasteiger partial charge in [0.1, 0.15) is 0 Å². The van der Waals surface area contributed by atoms with Crippen molar-refractivity contribution in [3.8, 4) is 0 Å². The lowest BCUT2D eigenvalue weighted by Gasteiger charge is -2.20. The number of methoxy groups -OCH3 is 1. The van der Waals surface area contributed by atoms with E-state index in [0.29, 0.717) is 6.42 Å². The highest BCUT2D eigenvalue weighted by Gasteiger charge is 2.46. The van der Waals surface area contributed by atoms with Crippen molar-refractivity contribution in [2.24, 2.45) is 0 Å². The minimum Gasteiger partial charge on any atom is -0.466 e. The van der Waals surface area contributed by atoms with Gasteiger partial charge in [0, 0.05) is 6.42 Å². The molecule has 0 radical (unpaired) electrons. The van der Waals surface area contributed by atoms with Gasteiger partial charge in [-0.2, -0.15) is 0 Å². The monoisotopic (exact) mass is 246 g/mol. The lowest BCUT2D eigenvalue weighted by Crippen LogP contribution is -2.37. The smallest absolute Gasteiger partial charge is 0.354 e. The quantitative estimate of drug-likeness (QED) is 0.765. The molecule has 2 rings (SSSR count). The molecule has 1 fully saturated rings. The van der Waals surface area contributed by atoms with Crippen molar-refractivity contribution in [1.29, 1.82) is 0 Å². The second-order valence-electron chi connectivity index (χ2n) is 4.10. The van der Waals surface area contributed by atoms with Gasteiger partial charge >= 0.3 is 11.9 Å². The first kappa shape index (κ1) is 12.4. The Bertz CT molecular complexity index is 478. The molecule has 1 aliphatic heterocycles. The molecule has 94 valence electrons. The number of ether oxygens (including phenoxy) is 2. The number of cyclic esters (lactones) is 1. The fourth-order valence-corrected chi connectivity index (χ4v) is 1.89. The Morgan fingerprint density at radius 2 is 2.11 bits per heavy atom. The van der Waals surface area contributed by atoms with Crippen molar-refractivity contribution in [1.82, 2.24) is 0 Å². The second-order valence-corrected chi connectivity index (χ2v) is 4.10. The molecule has 0 aromatic heterocycles. The number of hydrogen-bond donors (Lipinski definition) is 0. The summed E-state index contributed by atoms with van der Waals surface area (Å²) in [6, 6.07) is 9.50. The van der Waals surface area contributed by atoms with Crippen LogP contribution in [0.3, 0.4) is 0 Å². The molecular weight excluding hydrogens is 232 g/mol. The van der Waals surface area contributed by atoms with Crippen LogP contribution >= 0.6 is 0 Å². The molecule has 0 amide bonds. The lowest BCUT2D eigenvalue weighted by atomic mass is 9.98. The van der Waals surface area contributed by atoms with Gasteiger partial charge in [-0.05, 0) is 11.6 Å². The number of benzene rings is 1. The van der Waals surface area contributed by atoms with Crippen LogP contribution in [0.2, 0.25) is 0 Å². The van der Waals surface area contributed by atoms with E-state index in [1.54, 1.807) is 12.2 Å². The molecule has 4 nitrogen and oxygen atoms in total. The van der Waals surface area contributed by atoms with Crippen molar-refractivity contribution >= 4 is 18.0 Å². The van der Waals surface area contributed by atoms with Crippen molar-refractivity contribution in [2.75, 3.05) is 7.11 Å². The lowest BCUT2D eigenvalue weighted by molar-refractivity contribution is -0.166.